The average Bonchev–Trinajstić information content (AvgIpc) is 2.55. The predicted molar refractivity (Wildman–Crippen MR) is 89.3 cm³/mol. The Labute approximate surface area is 143 Å². The van der Waals surface area contributed by atoms with Gasteiger partial charge in [-0.25, -0.2) is 0 Å². The number of nitrogens with one attached hydrogen (secondary N) is 2. The lowest BCUT2D eigenvalue weighted by atomic mass is 10.1. The molecule has 0 aromatic heterocycles. The zero-order valence-electron chi connectivity index (χ0n) is 13.5. The van der Waals surface area contributed by atoms with Gasteiger partial charge in [-0.2, -0.15) is 13.2 Å². The smallest absolute Gasteiger partial charge is 0.324 e. The molecule has 0 fully saturated rings. The van der Waals surface area contributed by atoms with E-state index >= 15 is 0 Å². The molecule has 0 unspecified atom stereocenters. The largest absolute Gasteiger partial charge is 0.471 e. The van der Waals surface area contributed by atoms with Gasteiger partial charge in [0.05, 0.1) is 11.4 Å². The number of alkyl halides is 3. The molecule has 132 valence electrons. The van der Waals surface area contributed by atoms with Crippen LogP contribution in [0.3, 0.4) is 0 Å². The maximum atomic E-state index is 12.4. The lowest BCUT2D eigenvalue weighted by Crippen LogP contribution is -2.30. The molecule has 0 aliphatic rings. The van der Waals surface area contributed by atoms with Crippen molar-refractivity contribution in [2.75, 3.05) is 10.6 Å². The van der Waals surface area contributed by atoms with Gasteiger partial charge in [-0.1, -0.05) is 42.0 Å². The van der Waals surface area contributed by atoms with Gasteiger partial charge in [-0.05, 0) is 31.0 Å². The number of amides is 2. The fraction of sp³-hybridized carbons (Fsp3) is 0.222. The monoisotopic (exact) mass is 350 g/mol. The Morgan fingerprint density at radius 1 is 0.920 bits per heavy atom. The van der Waals surface area contributed by atoms with E-state index in [0.29, 0.717) is 6.42 Å². The molecule has 2 aromatic carbocycles. The third kappa shape index (κ3) is 5.63. The molecule has 2 aromatic rings. The summed E-state index contributed by atoms with van der Waals surface area (Å²) < 4.78 is 37.1. The number of anilines is 2. The summed E-state index contributed by atoms with van der Waals surface area (Å²) in [4.78, 5) is 23.1. The molecule has 7 heteroatoms. The Morgan fingerprint density at radius 3 is 2.04 bits per heavy atom. The number of hydrogen-bond donors (Lipinski definition) is 2. The minimum atomic E-state index is -5.00. The number of carbonyl (C=O) groups is 2. The molecule has 0 saturated heterocycles. The van der Waals surface area contributed by atoms with E-state index in [-0.39, 0.29) is 23.7 Å². The van der Waals surface area contributed by atoms with Crippen molar-refractivity contribution in [2.24, 2.45) is 0 Å². The molecule has 0 heterocycles. The number of aryl methyl sites for hydroxylation is 2. The molecule has 0 bridgehead atoms. The van der Waals surface area contributed by atoms with Gasteiger partial charge in [0.2, 0.25) is 5.91 Å². The summed E-state index contributed by atoms with van der Waals surface area (Å²) in [5, 5.41) is 4.29. The second-order valence-corrected chi connectivity index (χ2v) is 5.53. The summed E-state index contributed by atoms with van der Waals surface area (Å²) >= 11 is 0. The van der Waals surface area contributed by atoms with Crippen molar-refractivity contribution in [3.05, 3.63) is 59.7 Å². The molecule has 0 aliphatic heterocycles. The van der Waals surface area contributed by atoms with Crippen molar-refractivity contribution >= 4 is 23.2 Å². The number of hydrogen-bond acceptors (Lipinski definition) is 2. The second-order valence-electron chi connectivity index (χ2n) is 5.53. The molecule has 2 rings (SSSR count). The first-order valence-corrected chi connectivity index (χ1v) is 7.58. The molecule has 2 amide bonds. The molecular weight excluding hydrogens is 333 g/mol. The van der Waals surface area contributed by atoms with Crippen molar-refractivity contribution in [3.63, 3.8) is 0 Å². The van der Waals surface area contributed by atoms with Crippen molar-refractivity contribution in [1.82, 2.24) is 0 Å². The molecule has 0 aliphatic carbocycles. The molecule has 4 nitrogen and oxygen atoms in total. The Balaban J connectivity index is 1.98. The molecular formula is C18H17F3N2O2. The predicted octanol–water partition coefficient (Wildman–Crippen LogP) is 4.07. The Kier molecular flexibility index (Phi) is 5.80. The van der Waals surface area contributed by atoms with Crippen LogP contribution in [-0.4, -0.2) is 18.0 Å². The van der Waals surface area contributed by atoms with Crippen LogP contribution in [0.25, 0.3) is 0 Å². The Morgan fingerprint density at radius 2 is 1.48 bits per heavy atom. The van der Waals surface area contributed by atoms with Crippen molar-refractivity contribution in [1.29, 1.82) is 0 Å². The van der Waals surface area contributed by atoms with Gasteiger partial charge in [0.25, 0.3) is 0 Å². The SMILES string of the molecule is Cc1ccc(CCC(=O)Nc2ccccc2NC(=O)C(F)(F)F)cc1. The number of halogens is 3. The van der Waals surface area contributed by atoms with E-state index in [0.717, 1.165) is 11.1 Å². The number of benzene rings is 2. The van der Waals surface area contributed by atoms with Crippen LogP contribution in [0.1, 0.15) is 17.5 Å². The normalized spacial score (nSPS) is 11.0. The van der Waals surface area contributed by atoms with Gasteiger partial charge in [0.15, 0.2) is 0 Å². The first kappa shape index (κ1) is 18.5. The van der Waals surface area contributed by atoms with Crippen LogP contribution in [-0.2, 0) is 16.0 Å². The van der Waals surface area contributed by atoms with Gasteiger partial charge < -0.3 is 10.6 Å². The highest BCUT2D eigenvalue weighted by Gasteiger charge is 2.39. The zero-order valence-corrected chi connectivity index (χ0v) is 13.5. The summed E-state index contributed by atoms with van der Waals surface area (Å²) in [5.74, 6) is -2.44. The molecule has 0 saturated carbocycles. The van der Waals surface area contributed by atoms with E-state index in [1.165, 1.54) is 18.2 Å². The van der Waals surface area contributed by atoms with Crippen molar-refractivity contribution in [2.45, 2.75) is 25.9 Å². The van der Waals surface area contributed by atoms with Crippen molar-refractivity contribution in [3.8, 4) is 0 Å². The first-order valence-electron chi connectivity index (χ1n) is 7.58. The third-order valence-corrected chi connectivity index (χ3v) is 3.47. The van der Waals surface area contributed by atoms with E-state index in [1.807, 2.05) is 31.2 Å². The maximum Gasteiger partial charge on any atom is 0.471 e. The number of para-hydroxylation sites is 2. The van der Waals surface area contributed by atoms with E-state index in [9.17, 15) is 22.8 Å². The molecule has 2 N–H and O–H groups in total. The minimum Gasteiger partial charge on any atom is -0.324 e. The summed E-state index contributed by atoms with van der Waals surface area (Å²) in [7, 11) is 0. The summed E-state index contributed by atoms with van der Waals surface area (Å²) in [5.41, 5.74) is 2.12. The van der Waals surface area contributed by atoms with Crippen LogP contribution < -0.4 is 10.6 Å². The summed E-state index contributed by atoms with van der Waals surface area (Å²) in [6, 6.07) is 13.5. The summed E-state index contributed by atoms with van der Waals surface area (Å²) in [6.45, 7) is 1.96. The first-order chi connectivity index (χ1) is 11.8. The molecule has 0 spiro atoms. The van der Waals surface area contributed by atoms with Gasteiger partial charge in [0, 0.05) is 6.42 Å². The van der Waals surface area contributed by atoms with E-state index in [1.54, 1.807) is 11.4 Å². The van der Waals surface area contributed by atoms with Gasteiger partial charge >= 0.3 is 12.1 Å². The highest BCUT2D eigenvalue weighted by Crippen LogP contribution is 2.24. The highest BCUT2D eigenvalue weighted by atomic mass is 19.4. The van der Waals surface area contributed by atoms with Crippen LogP contribution >= 0.6 is 0 Å². The Bertz CT molecular complexity index is 756. The van der Waals surface area contributed by atoms with Crippen LogP contribution in [0.5, 0.6) is 0 Å². The lowest BCUT2D eigenvalue weighted by Gasteiger charge is -2.13. The lowest BCUT2D eigenvalue weighted by molar-refractivity contribution is -0.167. The number of rotatable bonds is 5. The molecule has 0 atom stereocenters. The molecule has 0 radical (unpaired) electrons. The van der Waals surface area contributed by atoms with E-state index in [2.05, 4.69) is 5.32 Å². The van der Waals surface area contributed by atoms with Crippen molar-refractivity contribution < 1.29 is 22.8 Å². The standard InChI is InChI=1S/C18H17F3N2O2/c1-12-6-8-13(9-7-12)10-11-16(24)22-14-4-2-3-5-15(14)23-17(25)18(19,20)21/h2-9H,10-11H2,1H3,(H,22,24)(H,23,25). The van der Waals surface area contributed by atoms with E-state index < -0.39 is 12.1 Å². The fourth-order valence-electron chi connectivity index (χ4n) is 2.12. The van der Waals surface area contributed by atoms with Gasteiger partial charge in [0.1, 0.15) is 0 Å². The Hall–Kier alpha value is -2.83. The molecule has 25 heavy (non-hydrogen) atoms. The van der Waals surface area contributed by atoms with Crippen LogP contribution in [0.2, 0.25) is 0 Å². The van der Waals surface area contributed by atoms with Gasteiger partial charge in [-0.3, -0.25) is 9.59 Å². The summed E-state index contributed by atoms with van der Waals surface area (Å²) in [6.07, 6.45) is -4.32. The zero-order chi connectivity index (χ0) is 18.4. The van der Waals surface area contributed by atoms with Gasteiger partial charge in [-0.15, -0.1) is 0 Å². The maximum absolute atomic E-state index is 12.4. The second kappa shape index (κ2) is 7.83. The highest BCUT2D eigenvalue weighted by molar-refractivity contribution is 6.01. The van der Waals surface area contributed by atoms with Crippen LogP contribution in [0.15, 0.2) is 48.5 Å². The van der Waals surface area contributed by atoms with Crippen LogP contribution in [0, 0.1) is 6.92 Å². The third-order valence-electron chi connectivity index (χ3n) is 3.47. The topological polar surface area (TPSA) is 58.2 Å². The minimum absolute atomic E-state index is 0.103. The number of carbonyl (C=O) groups excluding carboxylic acids is 2. The fourth-order valence-corrected chi connectivity index (χ4v) is 2.12. The average molecular weight is 350 g/mol. The quantitative estimate of drug-likeness (QED) is 0.854. The van der Waals surface area contributed by atoms with E-state index in [4.69, 9.17) is 0 Å². The van der Waals surface area contributed by atoms with Crippen LogP contribution in [0.4, 0.5) is 24.5 Å².